The predicted molar refractivity (Wildman–Crippen MR) is 77.0 cm³/mol. The number of nitrogens with zero attached hydrogens (tertiary/aromatic N) is 1. The fraction of sp³-hybridized carbons (Fsp3) is 0.400. The lowest BCUT2D eigenvalue weighted by molar-refractivity contribution is -0.122. The van der Waals surface area contributed by atoms with Crippen molar-refractivity contribution in [3.63, 3.8) is 0 Å². The van der Waals surface area contributed by atoms with E-state index in [2.05, 4.69) is 15.6 Å². The zero-order valence-electron chi connectivity index (χ0n) is 11.1. The summed E-state index contributed by atoms with van der Waals surface area (Å²) in [5.74, 6) is -0.503. The van der Waals surface area contributed by atoms with Gasteiger partial charge in [-0.05, 0) is 30.9 Å². The number of rotatable bonds is 2. The first-order chi connectivity index (χ1) is 9.75. The maximum atomic E-state index is 12.0. The Morgan fingerprint density at radius 1 is 1.15 bits per heavy atom. The molecule has 3 rings (SSSR count). The number of benzene rings is 1. The van der Waals surface area contributed by atoms with Crippen LogP contribution >= 0.6 is 0 Å². The number of fused-ring (bicyclic) bond motifs is 1. The van der Waals surface area contributed by atoms with Crippen LogP contribution < -0.4 is 10.6 Å². The Kier molecular flexibility index (Phi) is 3.50. The van der Waals surface area contributed by atoms with E-state index >= 15 is 0 Å². The van der Waals surface area contributed by atoms with Crippen LogP contribution in [0.5, 0.6) is 0 Å². The summed E-state index contributed by atoms with van der Waals surface area (Å²) in [4.78, 5) is 28.1. The van der Waals surface area contributed by atoms with Crippen LogP contribution in [-0.4, -0.2) is 30.6 Å². The molecule has 0 spiro atoms. The number of nitrogens with one attached hydrogen (secondary N) is 2. The molecule has 1 aromatic rings. The van der Waals surface area contributed by atoms with Crippen LogP contribution in [0.1, 0.15) is 30.7 Å². The Labute approximate surface area is 117 Å². The smallest absolute Gasteiger partial charge is 0.244 e. The van der Waals surface area contributed by atoms with Crippen molar-refractivity contribution in [1.29, 1.82) is 0 Å². The average Bonchev–Trinajstić information content (AvgIpc) is 2.62. The predicted octanol–water partition coefficient (Wildman–Crippen LogP) is 1.46. The van der Waals surface area contributed by atoms with Gasteiger partial charge in [0, 0.05) is 18.4 Å². The number of aliphatic imine (C=N–C) groups is 1. The molecular formula is C15H17N3O2. The molecule has 0 aliphatic carbocycles. The van der Waals surface area contributed by atoms with Gasteiger partial charge in [-0.1, -0.05) is 18.2 Å². The quantitative estimate of drug-likeness (QED) is 0.799. The van der Waals surface area contributed by atoms with Crippen LogP contribution in [-0.2, 0) is 9.59 Å². The molecule has 0 radical (unpaired) electrons. The van der Waals surface area contributed by atoms with Crippen LogP contribution in [0.4, 0.5) is 5.69 Å². The maximum absolute atomic E-state index is 12.0. The van der Waals surface area contributed by atoms with Crippen LogP contribution in [0.15, 0.2) is 29.3 Å². The molecule has 2 aliphatic rings. The minimum atomic E-state index is -0.387. The van der Waals surface area contributed by atoms with E-state index in [0.29, 0.717) is 0 Å². The van der Waals surface area contributed by atoms with Crippen molar-refractivity contribution in [3.8, 4) is 0 Å². The van der Waals surface area contributed by atoms with Crippen LogP contribution in [0.3, 0.4) is 0 Å². The molecular weight excluding hydrogens is 254 g/mol. The van der Waals surface area contributed by atoms with Gasteiger partial charge in [0.05, 0.1) is 0 Å². The molecule has 20 heavy (non-hydrogen) atoms. The topological polar surface area (TPSA) is 70.6 Å². The lowest BCUT2D eigenvalue weighted by Gasteiger charge is -2.08. The number of carbonyl (C=O) groups is 2. The summed E-state index contributed by atoms with van der Waals surface area (Å²) in [6.07, 6.45) is 4.34. The van der Waals surface area contributed by atoms with E-state index in [1.165, 1.54) is 0 Å². The van der Waals surface area contributed by atoms with E-state index in [1.807, 2.05) is 24.3 Å². The molecule has 104 valence electrons. The second-order valence-corrected chi connectivity index (χ2v) is 5.15. The van der Waals surface area contributed by atoms with E-state index in [4.69, 9.17) is 0 Å². The number of hydrogen-bond acceptors (Lipinski definition) is 3. The van der Waals surface area contributed by atoms with E-state index in [9.17, 15) is 9.59 Å². The maximum Gasteiger partial charge on any atom is 0.244 e. The highest BCUT2D eigenvalue weighted by Gasteiger charge is 2.29. The van der Waals surface area contributed by atoms with E-state index < -0.39 is 0 Å². The molecule has 0 bridgehead atoms. The summed E-state index contributed by atoms with van der Waals surface area (Å²) in [5.41, 5.74) is 1.76. The Morgan fingerprint density at radius 2 is 2.00 bits per heavy atom. The summed E-state index contributed by atoms with van der Waals surface area (Å²) >= 11 is 0. The Balaban J connectivity index is 1.78. The van der Waals surface area contributed by atoms with Gasteiger partial charge in [-0.2, -0.15) is 0 Å². The van der Waals surface area contributed by atoms with Gasteiger partial charge < -0.3 is 10.6 Å². The van der Waals surface area contributed by atoms with Crippen molar-refractivity contribution in [2.45, 2.75) is 31.2 Å². The molecule has 2 heterocycles. The lowest BCUT2D eigenvalue weighted by Crippen LogP contribution is -2.31. The molecule has 2 atom stereocenters. The number of para-hydroxylation sites is 1. The molecule has 2 aliphatic heterocycles. The molecule has 5 heteroatoms. The summed E-state index contributed by atoms with van der Waals surface area (Å²) in [6.45, 7) is 0.720. The van der Waals surface area contributed by atoms with Crippen molar-refractivity contribution in [2.75, 3.05) is 11.9 Å². The Morgan fingerprint density at radius 3 is 2.90 bits per heavy atom. The lowest BCUT2D eigenvalue weighted by atomic mass is 10.0. The van der Waals surface area contributed by atoms with Crippen LogP contribution in [0, 0.1) is 0 Å². The first kappa shape index (κ1) is 12.8. The third-order valence-corrected chi connectivity index (χ3v) is 3.76. The summed E-state index contributed by atoms with van der Waals surface area (Å²) in [7, 11) is 0. The van der Waals surface area contributed by atoms with E-state index in [-0.39, 0.29) is 23.8 Å². The number of anilines is 1. The molecule has 2 amide bonds. The van der Waals surface area contributed by atoms with Crippen LogP contribution in [0.2, 0.25) is 0 Å². The van der Waals surface area contributed by atoms with Gasteiger partial charge in [0.25, 0.3) is 0 Å². The van der Waals surface area contributed by atoms with Crippen molar-refractivity contribution in [1.82, 2.24) is 5.32 Å². The monoisotopic (exact) mass is 271 g/mol. The third kappa shape index (κ3) is 2.43. The SMILES string of the molecule is O=C1NCCCC[C@@H]1N=C[C@@H]1C(=O)Nc2ccccc21. The Hall–Kier alpha value is -2.17. The number of amides is 2. The summed E-state index contributed by atoms with van der Waals surface area (Å²) in [6, 6.07) is 7.21. The molecule has 1 saturated heterocycles. The van der Waals surface area contributed by atoms with Gasteiger partial charge in [0.1, 0.15) is 12.0 Å². The first-order valence-electron chi connectivity index (χ1n) is 6.96. The van der Waals surface area contributed by atoms with Gasteiger partial charge in [-0.25, -0.2) is 0 Å². The molecule has 1 aromatic carbocycles. The molecule has 1 fully saturated rings. The fourth-order valence-corrected chi connectivity index (χ4v) is 2.64. The van der Waals surface area contributed by atoms with Crippen molar-refractivity contribution in [3.05, 3.63) is 29.8 Å². The van der Waals surface area contributed by atoms with Crippen molar-refractivity contribution in [2.24, 2.45) is 4.99 Å². The highest BCUT2D eigenvalue weighted by Crippen LogP contribution is 2.30. The standard InChI is InChI=1S/C15H17N3O2/c19-14-11(10-5-1-2-6-12(10)18-14)9-17-13-7-3-4-8-16-15(13)20/h1-2,5-6,9,11,13H,3-4,7-8H2,(H,16,20)(H,18,19)/t11-,13-/m0/s1. The summed E-state index contributed by atoms with van der Waals surface area (Å²) < 4.78 is 0. The average molecular weight is 271 g/mol. The van der Waals surface area contributed by atoms with Gasteiger partial charge in [-0.15, -0.1) is 0 Å². The molecule has 0 saturated carbocycles. The van der Waals surface area contributed by atoms with E-state index in [0.717, 1.165) is 37.1 Å². The van der Waals surface area contributed by atoms with Gasteiger partial charge in [0.15, 0.2) is 0 Å². The molecule has 2 N–H and O–H groups in total. The minimum Gasteiger partial charge on any atom is -0.354 e. The Bertz CT molecular complexity index is 568. The van der Waals surface area contributed by atoms with Gasteiger partial charge in [-0.3, -0.25) is 14.6 Å². The molecule has 0 unspecified atom stereocenters. The highest BCUT2D eigenvalue weighted by molar-refractivity contribution is 6.12. The number of carbonyl (C=O) groups excluding carboxylic acids is 2. The first-order valence-corrected chi connectivity index (χ1v) is 6.96. The molecule has 5 nitrogen and oxygen atoms in total. The number of hydrogen-bond donors (Lipinski definition) is 2. The second-order valence-electron chi connectivity index (χ2n) is 5.15. The van der Waals surface area contributed by atoms with Gasteiger partial charge in [0.2, 0.25) is 11.8 Å². The van der Waals surface area contributed by atoms with Crippen molar-refractivity contribution >= 4 is 23.7 Å². The summed E-state index contributed by atoms with van der Waals surface area (Å²) in [5, 5.41) is 5.68. The van der Waals surface area contributed by atoms with Gasteiger partial charge >= 0.3 is 0 Å². The van der Waals surface area contributed by atoms with Crippen LogP contribution in [0.25, 0.3) is 0 Å². The molecule has 0 aromatic heterocycles. The zero-order chi connectivity index (χ0) is 13.9. The van der Waals surface area contributed by atoms with E-state index in [1.54, 1.807) is 6.21 Å². The minimum absolute atomic E-state index is 0.0366. The normalized spacial score (nSPS) is 26.0. The second kappa shape index (κ2) is 5.45. The van der Waals surface area contributed by atoms with Crippen molar-refractivity contribution < 1.29 is 9.59 Å². The highest BCUT2D eigenvalue weighted by atomic mass is 16.2. The zero-order valence-corrected chi connectivity index (χ0v) is 11.1. The fourth-order valence-electron chi connectivity index (χ4n) is 2.64. The largest absolute Gasteiger partial charge is 0.354 e. The third-order valence-electron chi connectivity index (χ3n) is 3.76.